The van der Waals surface area contributed by atoms with Gasteiger partial charge in [0.15, 0.2) is 0 Å². The number of nitrogens with one attached hydrogen (secondary N) is 1. The third kappa shape index (κ3) is 8.00. The molecule has 8 heteroatoms. The third-order valence-electron chi connectivity index (χ3n) is 6.71. The number of carbonyl (C=O) groups is 3. The van der Waals surface area contributed by atoms with Gasteiger partial charge >= 0.3 is 12.1 Å². The molecule has 4 N–H and O–H groups in total. The first-order valence-corrected chi connectivity index (χ1v) is 12.7. The second kappa shape index (κ2) is 13.0. The molecule has 0 aliphatic heterocycles. The highest BCUT2D eigenvalue weighted by molar-refractivity contribution is 5.85. The number of nitrogens with two attached hydrogens (primary N) is 1. The molecule has 194 valence electrons. The predicted octanol–water partition coefficient (Wildman–Crippen LogP) is 4.86. The molecule has 2 aliphatic rings. The van der Waals surface area contributed by atoms with Crippen LogP contribution in [0.5, 0.6) is 0 Å². The zero-order valence-electron chi connectivity index (χ0n) is 21.2. The minimum absolute atomic E-state index is 0.138. The topological polar surface area (TPSA) is 116 Å². The molecule has 2 aromatic rings. The summed E-state index contributed by atoms with van der Waals surface area (Å²) in [7, 11) is 3.67. The minimum Gasteiger partial charge on any atom is -0.465 e. The van der Waals surface area contributed by atoms with E-state index in [9.17, 15) is 14.4 Å². The normalized spacial score (nSPS) is 16.2. The fraction of sp³-hybridized carbons (Fsp3) is 0.464. The van der Waals surface area contributed by atoms with Crippen molar-refractivity contribution in [2.75, 3.05) is 14.1 Å². The first kappa shape index (κ1) is 27.0. The van der Waals surface area contributed by atoms with Gasteiger partial charge in [-0.2, -0.15) is 0 Å². The number of carboxylic acid groups (broad SMARTS) is 1. The first-order chi connectivity index (χ1) is 17.3. The average Bonchev–Trinajstić information content (AvgIpc) is 3.72. The van der Waals surface area contributed by atoms with Crippen molar-refractivity contribution in [3.05, 3.63) is 71.3 Å². The fourth-order valence-electron chi connectivity index (χ4n) is 4.61. The van der Waals surface area contributed by atoms with Gasteiger partial charge in [0.05, 0.1) is 0 Å². The lowest BCUT2D eigenvalue weighted by Crippen LogP contribution is -2.40. The van der Waals surface area contributed by atoms with Crippen LogP contribution in [0.15, 0.2) is 54.6 Å². The number of hydrogen-bond acceptors (Lipinski definition) is 3. The highest BCUT2D eigenvalue weighted by Crippen LogP contribution is 2.33. The van der Waals surface area contributed by atoms with Gasteiger partial charge in [0.1, 0.15) is 6.04 Å². The quantitative estimate of drug-likeness (QED) is 0.510. The van der Waals surface area contributed by atoms with E-state index in [0.717, 1.165) is 25.3 Å². The van der Waals surface area contributed by atoms with Crippen LogP contribution in [0.2, 0.25) is 0 Å². The van der Waals surface area contributed by atoms with Crippen molar-refractivity contribution in [2.24, 2.45) is 5.73 Å². The lowest BCUT2D eigenvalue weighted by Gasteiger charge is -2.26. The zero-order chi connectivity index (χ0) is 26.1. The molecular formula is C28H38N4O4. The van der Waals surface area contributed by atoms with Gasteiger partial charge in [0, 0.05) is 26.7 Å². The number of carbonyl (C=O) groups excluding carboxylic acids is 2. The molecule has 0 heterocycles. The second-order valence-electron chi connectivity index (χ2n) is 9.81. The van der Waals surface area contributed by atoms with E-state index in [4.69, 9.17) is 10.8 Å². The molecule has 1 atom stereocenters. The van der Waals surface area contributed by atoms with Gasteiger partial charge in [0.2, 0.25) is 5.91 Å². The number of hydrogen-bond donors (Lipinski definition) is 3. The van der Waals surface area contributed by atoms with Gasteiger partial charge < -0.3 is 26.0 Å². The van der Waals surface area contributed by atoms with Crippen LogP contribution in [0.25, 0.3) is 0 Å². The van der Waals surface area contributed by atoms with Crippen molar-refractivity contribution in [2.45, 2.75) is 69.5 Å². The highest BCUT2D eigenvalue weighted by Gasteiger charge is 2.33. The van der Waals surface area contributed by atoms with Crippen LogP contribution < -0.4 is 11.1 Å². The van der Waals surface area contributed by atoms with Crippen LogP contribution in [0.4, 0.5) is 9.59 Å². The van der Waals surface area contributed by atoms with Gasteiger partial charge in [0.25, 0.3) is 0 Å². The first-order valence-electron chi connectivity index (χ1n) is 12.7. The van der Waals surface area contributed by atoms with Crippen LogP contribution >= 0.6 is 0 Å². The Morgan fingerprint density at radius 1 is 0.944 bits per heavy atom. The zero-order valence-corrected chi connectivity index (χ0v) is 21.2. The molecule has 0 radical (unpaired) electrons. The van der Waals surface area contributed by atoms with E-state index in [1.807, 2.05) is 24.3 Å². The average molecular weight is 495 g/mol. The lowest BCUT2D eigenvalue weighted by molar-refractivity contribution is -0.120. The van der Waals surface area contributed by atoms with E-state index in [-0.39, 0.29) is 6.03 Å². The Labute approximate surface area is 213 Å². The summed E-state index contributed by atoms with van der Waals surface area (Å²) >= 11 is 0. The van der Waals surface area contributed by atoms with E-state index in [0.29, 0.717) is 11.6 Å². The number of nitrogens with zero attached hydrogens (tertiary/aromatic N) is 2. The molecule has 0 bridgehead atoms. The van der Waals surface area contributed by atoms with E-state index < -0.39 is 18.0 Å². The molecule has 36 heavy (non-hydrogen) atoms. The SMILES string of the molecule is CN(C)C(=O)N(Cc1ccc(C2CCCCC2)cc1)C1CC1.NC(=O)[C@@H](NC(=O)O)c1ccccc1. The highest BCUT2D eigenvalue weighted by atomic mass is 16.4. The van der Waals surface area contributed by atoms with E-state index in [1.54, 1.807) is 35.2 Å². The maximum absolute atomic E-state index is 12.3. The summed E-state index contributed by atoms with van der Waals surface area (Å²) < 4.78 is 0. The summed E-state index contributed by atoms with van der Waals surface area (Å²) in [5, 5.41) is 10.5. The van der Waals surface area contributed by atoms with Crippen LogP contribution in [-0.2, 0) is 11.3 Å². The molecule has 8 nitrogen and oxygen atoms in total. The molecule has 2 aromatic carbocycles. The Morgan fingerprint density at radius 2 is 1.56 bits per heavy atom. The Morgan fingerprint density at radius 3 is 2.06 bits per heavy atom. The summed E-state index contributed by atoms with van der Waals surface area (Å²) in [5.74, 6) is 0.0318. The van der Waals surface area contributed by atoms with Crippen molar-refractivity contribution in [3.63, 3.8) is 0 Å². The second-order valence-corrected chi connectivity index (χ2v) is 9.81. The molecule has 4 amide bonds. The van der Waals surface area contributed by atoms with Crippen LogP contribution in [-0.4, -0.2) is 53.1 Å². The Hall–Kier alpha value is -3.55. The molecule has 2 aliphatic carbocycles. The summed E-state index contributed by atoms with van der Waals surface area (Å²) in [6.07, 6.45) is 7.85. The minimum atomic E-state index is -1.28. The van der Waals surface area contributed by atoms with Crippen LogP contribution in [0.1, 0.15) is 73.6 Å². The largest absolute Gasteiger partial charge is 0.465 e. The predicted molar refractivity (Wildman–Crippen MR) is 139 cm³/mol. The summed E-state index contributed by atoms with van der Waals surface area (Å²) in [5.41, 5.74) is 8.32. The Bertz CT molecular complexity index is 1000. The number of rotatable bonds is 7. The molecule has 0 unspecified atom stereocenters. The van der Waals surface area contributed by atoms with Gasteiger partial charge in [-0.15, -0.1) is 0 Å². The van der Waals surface area contributed by atoms with Crippen molar-refractivity contribution in [1.82, 2.24) is 15.1 Å². The maximum atomic E-state index is 12.3. The van der Waals surface area contributed by atoms with Crippen molar-refractivity contribution < 1.29 is 19.5 Å². The van der Waals surface area contributed by atoms with E-state index in [2.05, 4.69) is 24.3 Å². The van der Waals surface area contributed by atoms with Crippen LogP contribution in [0, 0.1) is 0 Å². The van der Waals surface area contributed by atoms with Crippen molar-refractivity contribution in [3.8, 4) is 0 Å². The summed E-state index contributed by atoms with van der Waals surface area (Å²) in [4.78, 5) is 37.3. The third-order valence-corrected chi connectivity index (χ3v) is 6.71. The van der Waals surface area contributed by atoms with Gasteiger partial charge in [-0.25, -0.2) is 9.59 Å². The van der Waals surface area contributed by atoms with Gasteiger partial charge in [-0.1, -0.05) is 73.9 Å². The van der Waals surface area contributed by atoms with E-state index >= 15 is 0 Å². The number of urea groups is 1. The summed E-state index contributed by atoms with van der Waals surface area (Å²) in [6, 6.07) is 17.1. The van der Waals surface area contributed by atoms with E-state index in [1.165, 1.54) is 43.2 Å². The number of primary amides is 1. The van der Waals surface area contributed by atoms with Crippen molar-refractivity contribution in [1.29, 1.82) is 0 Å². The van der Waals surface area contributed by atoms with Crippen molar-refractivity contribution >= 4 is 18.0 Å². The van der Waals surface area contributed by atoms with Gasteiger partial charge in [-0.3, -0.25) is 4.79 Å². The van der Waals surface area contributed by atoms with Crippen LogP contribution in [0.3, 0.4) is 0 Å². The van der Waals surface area contributed by atoms with Gasteiger partial charge in [-0.05, 0) is 48.3 Å². The monoisotopic (exact) mass is 494 g/mol. The molecule has 2 saturated carbocycles. The molecule has 2 fully saturated rings. The molecule has 0 spiro atoms. The molecular weight excluding hydrogens is 456 g/mol. The number of benzene rings is 2. The Balaban J connectivity index is 0.000000223. The number of amides is 4. The molecule has 0 aromatic heterocycles. The maximum Gasteiger partial charge on any atom is 0.405 e. The standard InChI is InChI=1S/C19H28N2O.C9H10N2O3/c1-20(2)19(22)21(18-12-13-18)14-15-8-10-17(11-9-15)16-6-4-3-5-7-16;10-8(12)7(11-9(13)14)6-4-2-1-3-5-6/h8-11,16,18H,3-7,12-14H2,1-2H3;1-5,7,11H,(H2,10,12)(H,13,14)/t;7-/m.0/s1. The smallest absolute Gasteiger partial charge is 0.405 e. The lowest BCUT2D eigenvalue weighted by atomic mass is 9.84. The molecule has 0 saturated heterocycles. The molecule has 4 rings (SSSR count). The fourth-order valence-corrected chi connectivity index (χ4v) is 4.61. The Kier molecular flexibility index (Phi) is 9.73. The summed E-state index contributed by atoms with van der Waals surface area (Å²) in [6.45, 7) is 0.743.